The van der Waals surface area contributed by atoms with Crippen LogP contribution in [-0.2, 0) is 19.0 Å². The maximum atomic E-state index is 11.5. The number of carbonyl (C=O) groups is 1. The van der Waals surface area contributed by atoms with E-state index in [0.717, 1.165) is 18.4 Å². The number of aliphatic hydroxyl groups excluding tert-OH is 1. The van der Waals surface area contributed by atoms with E-state index >= 15 is 0 Å². The summed E-state index contributed by atoms with van der Waals surface area (Å²) in [6, 6.07) is 7.39. The van der Waals surface area contributed by atoms with Crippen molar-refractivity contribution >= 4 is 5.97 Å². The molecule has 0 saturated carbocycles. The average molecular weight is 378 g/mol. The summed E-state index contributed by atoms with van der Waals surface area (Å²) in [7, 11) is 0. The monoisotopic (exact) mass is 378 g/mol. The van der Waals surface area contributed by atoms with E-state index < -0.39 is 12.1 Å². The second-order valence-corrected chi connectivity index (χ2v) is 6.77. The van der Waals surface area contributed by atoms with Crippen molar-refractivity contribution in [3.8, 4) is 5.75 Å². The molecule has 27 heavy (non-hydrogen) atoms. The van der Waals surface area contributed by atoms with Gasteiger partial charge in [0.25, 0.3) is 0 Å². The Morgan fingerprint density at radius 1 is 1.26 bits per heavy atom. The third-order valence-electron chi connectivity index (χ3n) is 4.44. The van der Waals surface area contributed by atoms with Crippen LogP contribution in [-0.4, -0.2) is 42.6 Å². The van der Waals surface area contributed by atoms with Crippen molar-refractivity contribution in [1.82, 2.24) is 0 Å². The maximum Gasteiger partial charge on any atom is 0.333 e. The number of esters is 1. The lowest BCUT2D eigenvalue weighted by Gasteiger charge is -2.34. The van der Waals surface area contributed by atoms with E-state index in [1.165, 1.54) is 0 Å². The highest BCUT2D eigenvalue weighted by Crippen LogP contribution is 2.31. The fourth-order valence-corrected chi connectivity index (χ4v) is 2.70. The molecule has 0 aliphatic carbocycles. The van der Waals surface area contributed by atoms with E-state index in [4.69, 9.17) is 18.9 Å². The Morgan fingerprint density at radius 2 is 1.96 bits per heavy atom. The number of aliphatic hydroxyl groups is 1. The zero-order valence-electron chi connectivity index (χ0n) is 16.3. The lowest BCUT2D eigenvalue weighted by atomic mass is 10.1. The molecule has 0 bridgehead atoms. The first-order valence-corrected chi connectivity index (χ1v) is 9.49. The molecular weight excluding hydrogens is 348 g/mol. The maximum absolute atomic E-state index is 11.5. The van der Waals surface area contributed by atoms with Crippen LogP contribution in [0.2, 0.25) is 0 Å². The van der Waals surface area contributed by atoms with Crippen molar-refractivity contribution in [2.24, 2.45) is 0 Å². The quantitative estimate of drug-likeness (QED) is 0.523. The predicted octanol–water partition coefficient (Wildman–Crippen LogP) is 3.54. The highest BCUT2D eigenvalue weighted by atomic mass is 16.7. The molecule has 1 fully saturated rings. The molecule has 6 nitrogen and oxygen atoms in total. The topological polar surface area (TPSA) is 74.2 Å². The molecule has 1 aromatic rings. The van der Waals surface area contributed by atoms with Gasteiger partial charge in [-0.05, 0) is 38.3 Å². The van der Waals surface area contributed by atoms with E-state index in [1.807, 2.05) is 19.1 Å². The van der Waals surface area contributed by atoms with Crippen molar-refractivity contribution in [2.45, 2.75) is 64.6 Å². The first-order valence-electron chi connectivity index (χ1n) is 9.49. The van der Waals surface area contributed by atoms with Gasteiger partial charge in [-0.1, -0.05) is 32.6 Å². The summed E-state index contributed by atoms with van der Waals surface area (Å²) in [6.45, 7) is 9.48. The molecule has 1 aliphatic rings. The highest BCUT2D eigenvalue weighted by Gasteiger charge is 2.27. The van der Waals surface area contributed by atoms with Crippen LogP contribution >= 0.6 is 0 Å². The molecule has 2 rings (SSSR count). The van der Waals surface area contributed by atoms with Gasteiger partial charge in [-0.25, -0.2) is 4.79 Å². The van der Waals surface area contributed by atoms with Crippen LogP contribution in [0.3, 0.4) is 0 Å². The molecule has 1 aromatic carbocycles. The molecule has 0 amide bonds. The van der Waals surface area contributed by atoms with Crippen molar-refractivity contribution in [3.63, 3.8) is 0 Å². The molecule has 1 aliphatic heterocycles. The van der Waals surface area contributed by atoms with E-state index in [2.05, 4.69) is 20.4 Å². The zero-order valence-corrected chi connectivity index (χ0v) is 16.3. The predicted molar refractivity (Wildman–Crippen MR) is 101 cm³/mol. The number of ether oxygens (including phenoxy) is 4. The van der Waals surface area contributed by atoms with Crippen LogP contribution in [0.1, 0.15) is 51.9 Å². The summed E-state index contributed by atoms with van der Waals surface area (Å²) < 4.78 is 22.3. The lowest BCUT2D eigenvalue weighted by Crippen LogP contribution is -2.31. The lowest BCUT2D eigenvalue weighted by molar-refractivity contribution is -0.243. The van der Waals surface area contributed by atoms with Gasteiger partial charge in [0, 0.05) is 11.1 Å². The molecule has 1 N–H and O–H groups in total. The van der Waals surface area contributed by atoms with Gasteiger partial charge in [0.05, 0.1) is 12.2 Å². The largest absolute Gasteiger partial charge is 0.491 e. The third-order valence-corrected chi connectivity index (χ3v) is 4.44. The second kappa shape index (κ2) is 10.4. The summed E-state index contributed by atoms with van der Waals surface area (Å²) >= 11 is 0. The Morgan fingerprint density at radius 3 is 2.59 bits per heavy atom. The van der Waals surface area contributed by atoms with Gasteiger partial charge < -0.3 is 24.1 Å². The minimum atomic E-state index is -0.908. The fourth-order valence-electron chi connectivity index (χ4n) is 2.70. The van der Waals surface area contributed by atoms with Crippen molar-refractivity contribution in [1.29, 1.82) is 0 Å². The van der Waals surface area contributed by atoms with Crippen molar-refractivity contribution in [3.05, 3.63) is 42.0 Å². The van der Waals surface area contributed by atoms with Crippen LogP contribution < -0.4 is 4.74 Å². The van der Waals surface area contributed by atoms with Gasteiger partial charge in [-0.2, -0.15) is 0 Å². The van der Waals surface area contributed by atoms with Crippen LogP contribution in [0.4, 0.5) is 0 Å². The number of benzene rings is 1. The smallest absolute Gasteiger partial charge is 0.333 e. The van der Waals surface area contributed by atoms with Crippen LogP contribution in [0.25, 0.3) is 0 Å². The van der Waals surface area contributed by atoms with Crippen LogP contribution in [0.5, 0.6) is 5.75 Å². The Bertz CT molecular complexity index is 612. The molecule has 1 saturated heterocycles. The van der Waals surface area contributed by atoms with Crippen molar-refractivity contribution < 1.29 is 28.8 Å². The number of hydrogen-bond donors (Lipinski definition) is 1. The number of carbonyl (C=O) groups excluding carboxylic acids is 1. The Hall–Kier alpha value is -1.89. The second-order valence-electron chi connectivity index (χ2n) is 6.77. The zero-order chi connectivity index (χ0) is 19.8. The third kappa shape index (κ3) is 6.65. The van der Waals surface area contributed by atoms with Gasteiger partial charge in [0.2, 0.25) is 0 Å². The van der Waals surface area contributed by atoms with Gasteiger partial charge >= 0.3 is 5.97 Å². The molecule has 0 radical (unpaired) electrons. The SMILES string of the molecule is C=C(CC)C(=O)OCC(O)COc1ccc(C2OC(C)CC(CC)O2)cc1. The summed E-state index contributed by atoms with van der Waals surface area (Å²) in [6.07, 6.45) is 1.47. The standard InChI is InChI=1S/C21H30O6/c1-5-14(3)20(23)25-13-17(22)12-24-19-9-7-16(8-10-19)21-26-15(4)11-18(6-2)27-21/h7-10,15,17-18,21-22H,3,5-6,11-13H2,1-2,4H3. The molecule has 1 heterocycles. The molecule has 6 heteroatoms. The molecule has 4 atom stereocenters. The molecule has 0 spiro atoms. The minimum Gasteiger partial charge on any atom is -0.491 e. The molecular formula is C21H30O6. The van der Waals surface area contributed by atoms with E-state index in [1.54, 1.807) is 12.1 Å². The first-order chi connectivity index (χ1) is 12.9. The van der Waals surface area contributed by atoms with Gasteiger partial charge in [-0.3, -0.25) is 0 Å². The van der Waals surface area contributed by atoms with Crippen LogP contribution in [0, 0.1) is 0 Å². The first kappa shape index (κ1) is 21.4. The van der Waals surface area contributed by atoms with Crippen LogP contribution in [0.15, 0.2) is 36.4 Å². The van der Waals surface area contributed by atoms with Gasteiger partial charge in [-0.15, -0.1) is 0 Å². The summed E-state index contributed by atoms with van der Waals surface area (Å²) in [4.78, 5) is 11.5. The van der Waals surface area contributed by atoms with E-state index in [0.29, 0.717) is 17.7 Å². The van der Waals surface area contributed by atoms with Gasteiger partial charge in [0.15, 0.2) is 6.29 Å². The Balaban J connectivity index is 1.80. The summed E-state index contributed by atoms with van der Waals surface area (Å²) in [5, 5.41) is 9.89. The van der Waals surface area contributed by atoms with E-state index in [9.17, 15) is 9.90 Å². The normalized spacial score (nSPS) is 23.5. The Kier molecular flexibility index (Phi) is 8.28. The van der Waals surface area contributed by atoms with E-state index in [-0.39, 0.29) is 31.7 Å². The molecule has 4 unspecified atom stereocenters. The summed E-state index contributed by atoms with van der Waals surface area (Å²) in [5.74, 6) is 0.117. The highest BCUT2D eigenvalue weighted by molar-refractivity contribution is 5.87. The van der Waals surface area contributed by atoms with Crippen molar-refractivity contribution in [2.75, 3.05) is 13.2 Å². The average Bonchev–Trinajstić information content (AvgIpc) is 2.69. The number of hydrogen-bond acceptors (Lipinski definition) is 6. The van der Waals surface area contributed by atoms with Gasteiger partial charge in [0.1, 0.15) is 25.1 Å². The summed E-state index contributed by atoms with van der Waals surface area (Å²) in [5.41, 5.74) is 1.31. The number of rotatable bonds is 9. The Labute approximate surface area is 161 Å². The molecule has 0 aromatic heterocycles. The molecule has 150 valence electrons. The minimum absolute atomic E-state index is 0.0244. The fraction of sp³-hybridized carbons (Fsp3) is 0.571.